The largest absolute Gasteiger partial charge is 0.0924 e. The molecule has 3 aromatic carbocycles. The molecular formula is C34H35Br. The summed E-state index contributed by atoms with van der Waals surface area (Å²) in [4.78, 5) is 0. The van der Waals surface area contributed by atoms with Gasteiger partial charge in [0.05, 0.1) is 0 Å². The van der Waals surface area contributed by atoms with E-state index in [-0.39, 0.29) is 0 Å². The lowest BCUT2D eigenvalue weighted by atomic mass is 9.88. The molecule has 3 aliphatic rings. The number of rotatable bonds is 5. The number of benzene rings is 3. The Labute approximate surface area is 219 Å². The fourth-order valence-corrected chi connectivity index (χ4v) is 6.43. The fourth-order valence-electron chi connectivity index (χ4n) is 6.01. The third kappa shape index (κ3) is 5.16. The molecular weight excluding hydrogens is 488 g/mol. The summed E-state index contributed by atoms with van der Waals surface area (Å²) < 4.78 is 0. The van der Waals surface area contributed by atoms with Gasteiger partial charge in [0.25, 0.3) is 0 Å². The van der Waals surface area contributed by atoms with Crippen LogP contribution in [0.2, 0.25) is 0 Å². The van der Waals surface area contributed by atoms with Gasteiger partial charge in [0, 0.05) is 11.2 Å². The van der Waals surface area contributed by atoms with Crippen LogP contribution in [0.1, 0.15) is 77.6 Å². The molecule has 0 saturated heterocycles. The molecule has 178 valence electrons. The first-order valence-electron chi connectivity index (χ1n) is 12.9. The van der Waals surface area contributed by atoms with E-state index in [9.17, 15) is 0 Å². The number of fused-ring (bicyclic) bond motifs is 3. The first kappa shape index (κ1) is 24.1. The second-order valence-corrected chi connectivity index (χ2v) is 11.1. The molecule has 6 rings (SSSR count). The zero-order valence-electron chi connectivity index (χ0n) is 21.2. The summed E-state index contributed by atoms with van der Waals surface area (Å²) in [7, 11) is 0. The molecule has 0 spiro atoms. The van der Waals surface area contributed by atoms with E-state index in [1.165, 1.54) is 57.4 Å². The van der Waals surface area contributed by atoms with E-state index >= 15 is 0 Å². The lowest BCUT2D eigenvalue weighted by Gasteiger charge is -2.16. The Morgan fingerprint density at radius 1 is 0.657 bits per heavy atom. The molecule has 0 N–H and O–H groups in total. The summed E-state index contributed by atoms with van der Waals surface area (Å²) in [5.41, 5.74) is 16.4. The van der Waals surface area contributed by atoms with Crippen molar-refractivity contribution >= 4 is 34.2 Å². The second kappa shape index (κ2) is 10.5. The summed E-state index contributed by atoms with van der Waals surface area (Å²) in [6, 6.07) is 22.3. The number of aryl methyl sites for hydroxylation is 2. The Kier molecular flexibility index (Phi) is 7.25. The maximum Gasteiger partial charge on any atom is 0.00719 e. The van der Waals surface area contributed by atoms with Gasteiger partial charge in [0.1, 0.15) is 0 Å². The van der Waals surface area contributed by atoms with Gasteiger partial charge in [-0.15, -0.1) is 0 Å². The van der Waals surface area contributed by atoms with E-state index < -0.39 is 0 Å². The van der Waals surface area contributed by atoms with E-state index in [4.69, 9.17) is 0 Å². The lowest BCUT2D eigenvalue weighted by molar-refractivity contribution is 0.711. The molecule has 0 amide bonds. The van der Waals surface area contributed by atoms with Gasteiger partial charge in [-0.05, 0) is 97.4 Å². The molecule has 0 bridgehead atoms. The van der Waals surface area contributed by atoms with Gasteiger partial charge in [-0.2, -0.15) is 0 Å². The molecule has 0 saturated carbocycles. The van der Waals surface area contributed by atoms with Crippen LogP contribution in [0, 0.1) is 0 Å². The van der Waals surface area contributed by atoms with E-state index in [1.807, 2.05) is 0 Å². The number of halogens is 1. The van der Waals surface area contributed by atoms with Gasteiger partial charge >= 0.3 is 0 Å². The van der Waals surface area contributed by atoms with Crippen molar-refractivity contribution in [2.45, 2.75) is 58.8 Å². The maximum atomic E-state index is 3.49. The summed E-state index contributed by atoms with van der Waals surface area (Å²) in [5, 5.41) is 1.06. The van der Waals surface area contributed by atoms with Crippen molar-refractivity contribution in [1.82, 2.24) is 0 Å². The molecule has 35 heavy (non-hydrogen) atoms. The number of alkyl halides is 1. The Bertz CT molecular complexity index is 1330. The zero-order chi connectivity index (χ0) is 24.4. The molecule has 0 aliphatic heterocycles. The molecule has 0 heterocycles. The fraction of sp³-hybridized carbons (Fsp3) is 0.294. The highest BCUT2D eigenvalue weighted by atomic mass is 79.9. The Morgan fingerprint density at radius 2 is 1.23 bits per heavy atom. The van der Waals surface area contributed by atoms with Crippen molar-refractivity contribution in [1.29, 1.82) is 0 Å². The van der Waals surface area contributed by atoms with Crippen LogP contribution >= 0.6 is 15.9 Å². The van der Waals surface area contributed by atoms with Crippen LogP contribution in [0.4, 0.5) is 0 Å². The zero-order valence-corrected chi connectivity index (χ0v) is 22.8. The summed E-state index contributed by atoms with van der Waals surface area (Å²) >= 11 is 3.49. The van der Waals surface area contributed by atoms with Crippen LogP contribution in [0.15, 0.2) is 77.4 Å². The average Bonchev–Trinajstić information content (AvgIpc) is 3.51. The Hall–Kier alpha value is -2.64. The minimum atomic E-state index is 0.600. The first-order valence-corrected chi connectivity index (χ1v) is 14.0. The third-order valence-corrected chi connectivity index (χ3v) is 8.10. The predicted molar refractivity (Wildman–Crippen MR) is 156 cm³/mol. The molecule has 1 unspecified atom stereocenters. The van der Waals surface area contributed by atoms with Crippen LogP contribution < -0.4 is 0 Å². The smallest absolute Gasteiger partial charge is 0.00719 e. The molecule has 1 atom stereocenters. The van der Waals surface area contributed by atoms with Crippen LogP contribution in [-0.2, 0) is 25.7 Å². The van der Waals surface area contributed by atoms with Crippen molar-refractivity contribution in [3.05, 3.63) is 122 Å². The standard InChI is InChI=1S/C22H22.C12H13Br/c1-15-12-18-8-5-7-17(22(18)13-15)10-11-20-16(2)14-19-6-3-4-9-21(19)20;1-9-7-11-4-2-3-10(5-6-13)12(11)8-9/h3-9,12,14,20H,10-11,13H2,1-2H3;2-4,7H,5-6,8H2,1H3. The minimum absolute atomic E-state index is 0.600. The van der Waals surface area contributed by atoms with E-state index in [1.54, 1.807) is 16.7 Å². The first-order chi connectivity index (χ1) is 17.0. The summed E-state index contributed by atoms with van der Waals surface area (Å²) in [6.07, 6.45) is 12.8. The third-order valence-electron chi connectivity index (χ3n) is 7.70. The van der Waals surface area contributed by atoms with Gasteiger partial charge in [0.2, 0.25) is 0 Å². The van der Waals surface area contributed by atoms with Crippen LogP contribution in [0.25, 0.3) is 18.2 Å². The Balaban J connectivity index is 0.000000166. The molecule has 0 fully saturated rings. The summed E-state index contributed by atoms with van der Waals surface area (Å²) in [6.45, 7) is 6.73. The second-order valence-electron chi connectivity index (χ2n) is 10.4. The van der Waals surface area contributed by atoms with Crippen LogP contribution in [0.5, 0.6) is 0 Å². The molecule has 0 nitrogen and oxygen atoms in total. The van der Waals surface area contributed by atoms with Crippen LogP contribution in [0.3, 0.4) is 0 Å². The SMILES string of the molecule is CC1=Cc2cccc(CCBr)c2C1.CC1=Cc2cccc(CCC3C(C)=Cc4ccccc43)c2C1. The number of hydrogen-bond acceptors (Lipinski definition) is 0. The maximum absolute atomic E-state index is 3.49. The average molecular weight is 524 g/mol. The highest BCUT2D eigenvalue weighted by molar-refractivity contribution is 9.09. The van der Waals surface area contributed by atoms with Gasteiger partial charge < -0.3 is 0 Å². The van der Waals surface area contributed by atoms with Crippen molar-refractivity contribution in [3.8, 4) is 0 Å². The lowest BCUT2D eigenvalue weighted by Crippen LogP contribution is -2.02. The van der Waals surface area contributed by atoms with Gasteiger partial charge in [0.15, 0.2) is 0 Å². The number of hydrogen-bond donors (Lipinski definition) is 0. The minimum Gasteiger partial charge on any atom is -0.0924 e. The van der Waals surface area contributed by atoms with Gasteiger partial charge in [-0.3, -0.25) is 0 Å². The van der Waals surface area contributed by atoms with Crippen molar-refractivity contribution in [3.63, 3.8) is 0 Å². The summed E-state index contributed by atoms with van der Waals surface area (Å²) in [5.74, 6) is 0.600. The van der Waals surface area contributed by atoms with E-state index in [2.05, 4.69) is 116 Å². The quantitative estimate of drug-likeness (QED) is 0.292. The predicted octanol–water partition coefficient (Wildman–Crippen LogP) is 9.36. The highest BCUT2D eigenvalue weighted by Gasteiger charge is 2.22. The molecule has 1 heteroatoms. The van der Waals surface area contributed by atoms with Crippen molar-refractivity contribution < 1.29 is 0 Å². The van der Waals surface area contributed by atoms with Crippen LogP contribution in [-0.4, -0.2) is 5.33 Å². The Morgan fingerprint density at radius 3 is 1.86 bits per heavy atom. The molecule has 0 radical (unpaired) electrons. The normalized spacial score (nSPS) is 17.0. The highest BCUT2D eigenvalue weighted by Crippen LogP contribution is 2.39. The van der Waals surface area contributed by atoms with Crippen molar-refractivity contribution in [2.24, 2.45) is 0 Å². The van der Waals surface area contributed by atoms with E-state index in [0.29, 0.717) is 5.92 Å². The van der Waals surface area contributed by atoms with Crippen molar-refractivity contribution in [2.75, 3.05) is 5.33 Å². The van der Waals surface area contributed by atoms with Gasteiger partial charge in [-0.1, -0.05) is 112 Å². The van der Waals surface area contributed by atoms with E-state index in [0.717, 1.165) is 24.6 Å². The molecule has 3 aliphatic carbocycles. The topological polar surface area (TPSA) is 0 Å². The molecule has 0 aromatic heterocycles. The molecule has 3 aromatic rings. The number of allylic oxidation sites excluding steroid dienone is 3. The monoisotopic (exact) mass is 522 g/mol. The van der Waals surface area contributed by atoms with Gasteiger partial charge in [-0.25, -0.2) is 0 Å².